The lowest BCUT2D eigenvalue weighted by Gasteiger charge is -2.13. The van der Waals surface area contributed by atoms with E-state index >= 15 is 0 Å². The molecule has 21 heavy (non-hydrogen) atoms. The standard InChI is InChI=1S/C18H17NO2/c1-4-7-8-9-12-19-17(20)15-13(5-2)10-11-14(6-3)16(15)18(19)21/h2-3,10-11H,4,7-9,12H2,1H3. The topological polar surface area (TPSA) is 37.4 Å². The zero-order valence-electron chi connectivity index (χ0n) is 12.1. The van der Waals surface area contributed by atoms with E-state index in [0.717, 1.165) is 25.7 Å². The van der Waals surface area contributed by atoms with Gasteiger partial charge in [-0.2, -0.15) is 0 Å². The van der Waals surface area contributed by atoms with E-state index in [0.29, 0.717) is 17.7 Å². The number of carbonyl (C=O) groups is 2. The number of hydrogen-bond acceptors (Lipinski definition) is 2. The van der Waals surface area contributed by atoms with Crippen LogP contribution in [-0.2, 0) is 0 Å². The maximum atomic E-state index is 12.5. The first kappa shape index (κ1) is 14.9. The normalized spacial score (nSPS) is 13.0. The Kier molecular flexibility index (Phi) is 4.45. The Bertz CT molecular complexity index is 621. The summed E-state index contributed by atoms with van der Waals surface area (Å²) in [5, 5.41) is 0. The van der Waals surface area contributed by atoms with Gasteiger partial charge in [0.25, 0.3) is 11.8 Å². The van der Waals surface area contributed by atoms with Crippen molar-refractivity contribution in [1.29, 1.82) is 0 Å². The van der Waals surface area contributed by atoms with Gasteiger partial charge in [-0.3, -0.25) is 14.5 Å². The highest BCUT2D eigenvalue weighted by Gasteiger charge is 2.38. The summed E-state index contributed by atoms with van der Waals surface area (Å²) in [7, 11) is 0. The molecule has 0 aromatic heterocycles. The second kappa shape index (κ2) is 6.29. The molecule has 1 heterocycles. The van der Waals surface area contributed by atoms with Crippen molar-refractivity contribution in [3.63, 3.8) is 0 Å². The zero-order valence-corrected chi connectivity index (χ0v) is 12.1. The number of benzene rings is 1. The number of imide groups is 1. The molecule has 3 nitrogen and oxygen atoms in total. The number of rotatable bonds is 5. The maximum Gasteiger partial charge on any atom is 0.262 e. The van der Waals surface area contributed by atoms with E-state index < -0.39 is 0 Å². The second-order valence-electron chi connectivity index (χ2n) is 5.02. The van der Waals surface area contributed by atoms with Crippen LogP contribution in [0.1, 0.15) is 64.4 Å². The van der Waals surface area contributed by atoms with Crippen LogP contribution in [0.3, 0.4) is 0 Å². The first-order valence-corrected chi connectivity index (χ1v) is 7.12. The number of terminal acetylenes is 2. The summed E-state index contributed by atoms with van der Waals surface area (Å²) in [5.41, 5.74) is 1.43. The van der Waals surface area contributed by atoms with Gasteiger partial charge < -0.3 is 0 Å². The molecule has 1 aromatic rings. The molecule has 0 N–H and O–H groups in total. The van der Waals surface area contributed by atoms with E-state index in [-0.39, 0.29) is 22.9 Å². The van der Waals surface area contributed by atoms with Crippen LogP contribution in [0.2, 0.25) is 0 Å². The maximum absolute atomic E-state index is 12.5. The van der Waals surface area contributed by atoms with Gasteiger partial charge in [0.15, 0.2) is 0 Å². The summed E-state index contributed by atoms with van der Waals surface area (Å²) in [5.74, 6) is 4.27. The predicted octanol–water partition coefficient (Wildman–Crippen LogP) is 2.83. The van der Waals surface area contributed by atoms with Gasteiger partial charge in [-0.25, -0.2) is 0 Å². The Morgan fingerprint density at radius 2 is 1.48 bits per heavy atom. The van der Waals surface area contributed by atoms with Crippen molar-refractivity contribution in [2.75, 3.05) is 6.54 Å². The summed E-state index contributed by atoms with van der Waals surface area (Å²) in [6, 6.07) is 3.25. The summed E-state index contributed by atoms with van der Waals surface area (Å²) < 4.78 is 0. The van der Waals surface area contributed by atoms with Gasteiger partial charge in [-0.05, 0) is 18.6 Å². The van der Waals surface area contributed by atoms with Gasteiger partial charge in [-0.1, -0.05) is 38.0 Å². The van der Waals surface area contributed by atoms with Gasteiger partial charge in [0.1, 0.15) is 0 Å². The molecule has 106 valence electrons. The Labute approximate surface area is 125 Å². The van der Waals surface area contributed by atoms with Crippen LogP contribution in [0.5, 0.6) is 0 Å². The fourth-order valence-corrected chi connectivity index (χ4v) is 2.55. The van der Waals surface area contributed by atoms with E-state index in [2.05, 4.69) is 18.8 Å². The third-order valence-corrected chi connectivity index (χ3v) is 3.67. The number of fused-ring (bicyclic) bond motifs is 1. The molecule has 0 radical (unpaired) electrons. The summed E-state index contributed by atoms with van der Waals surface area (Å²) in [6.07, 6.45) is 14.8. The highest BCUT2D eigenvalue weighted by atomic mass is 16.2. The Morgan fingerprint density at radius 3 is 1.90 bits per heavy atom. The predicted molar refractivity (Wildman–Crippen MR) is 81.8 cm³/mol. The molecule has 0 bridgehead atoms. The minimum Gasteiger partial charge on any atom is -0.274 e. The smallest absolute Gasteiger partial charge is 0.262 e. The number of unbranched alkanes of at least 4 members (excludes halogenated alkanes) is 3. The third-order valence-electron chi connectivity index (χ3n) is 3.67. The van der Waals surface area contributed by atoms with Gasteiger partial charge in [0, 0.05) is 17.7 Å². The molecule has 1 aromatic carbocycles. The fourth-order valence-electron chi connectivity index (χ4n) is 2.55. The minimum atomic E-state index is -0.323. The summed E-state index contributed by atoms with van der Waals surface area (Å²) >= 11 is 0. The molecule has 3 heteroatoms. The minimum absolute atomic E-state index is 0.286. The van der Waals surface area contributed by atoms with Crippen molar-refractivity contribution in [1.82, 2.24) is 4.90 Å². The fraction of sp³-hybridized carbons (Fsp3) is 0.333. The van der Waals surface area contributed by atoms with E-state index in [1.807, 2.05) is 0 Å². The Morgan fingerprint density at radius 1 is 0.952 bits per heavy atom. The SMILES string of the molecule is C#Cc1ccc(C#C)c2c1C(=O)N(CCCCCC)C2=O. The van der Waals surface area contributed by atoms with Crippen molar-refractivity contribution in [2.24, 2.45) is 0 Å². The van der Waals surface area contributed by atoms with Crippen LogP contribution in [0.15, 0.2) is 12.1 Å². The van der Waals surface area contributed by atoms with Crippen molar-refractivity contribution >= 4 is 11.8 Å². The monoisotopic (exact) mass is 279 g/mol. The summed E-state index contributed by atoms with van der Waals surface area (Å²) in [6.45, 7) is 2.53. The van der Waals surface area contributed by atoms with E-state index in [1.54, 1.807) is 12.1 Å². The van der Waals surface area contributed by atoms with Crippen LogP contribution in [0.4, 0.5) is 0 Å². The van der Waals surface area contributed by atoms with Crippen molar-refractivity contribution in [3.8, 4) is 24.7 Å². The van der Waals surface area contributed by atoms with Gasteiger partial charge in [0.05, 0.1) is 11.1 Å². The number of nitrogens with zero attached hydrogens (tertiary/aromatic N) is 1. The molecule has 0 saturated carbocycles. The molecule has 0 spiro atoms. The van der Waals surface area contributed by atoms with Crippen LogP contribution < -0.4 is 0 Å². The number of hydrogen-bond donors (Lipinski definition) is 0. The number of carbonyl (C=O) groups excluding carboxylic acids is 2. The average molecular weight is 279 g/mol. The van der Waals surface area contributed by atoms with E-state index in [1.165, 1.54) is 4.90 Å². The molecule has 0 atom stereocenters. The molecule has 2 amide bonds. The molecule has 1 aliphatic rings. The zero-order chi connectivity index (χ0) is 15.4. The number of amides is 2. The van der Waals surface area contributed by atoms with E-state index in [9.17, 15) is 9.59 Å². The molecular formula is C18H17NO2. The molecular weight excluding hydrogens is 262 g/mol. The Balaban J connectivity index is 2.34. The average Bonchev–Trinajstić information content (AvgIpc) is 2.76. The van der Waals surface area contributed by atoms with Gasteiger partial charge in [0.2, 0.25) is 0 Å². The van der Waals surface area contributed by atoms with Crippen LogP contribution in [0.25, 0.3) is 0 Å². The highest BCUT2D eigenvalue weighted by molar-refractivity contribution is 6.23. The van der Waals surface area contributed by atoms with E-state index in [4.69, 9.17) is 12.8 Å². The van der Waals surface area contributed by atoms with Crippen LogP contribution in [0, 0.1) is 24.7 Å². The van der Waals surface area contributed by atoms with Crippen molar-refractivity contribution < 1.29 is 9.59 Å². The Hall–Kier alpha value is -2.52. The van der Waals surface area contributed by atoms with Crippen LogP contribution in [-0.4, -0.2) is 23.3 Å². The van der Waals surface area contributed by atoms with Crippen molar-refractivity contribution in [2.45, 2.75) is 32.6 Å². The largest absolute Gasteiger partial charge is 0.274 e. The van der Waals surface area contributed by atoms with Gasteiger partial charge in [-0.15, -0.1) is 12.8 Å². The lowest BCUT2D eigenvalue weighted by atomic mass is 9.98. The first-order valence-electron chi connectivity index (χ1n) is 7.12. The second-order valence-corrected chi connectivity index (χ2v) is 5.02. The van der Waals surface area contributed by atoms with Crippen molar-refractivity contribution in [3.05, 3.63) is 34.4 Å². The lowest BCUT2D eigenvalue weighted by Crippen LogP contribution is -2.30. The molecule has 0 aliphatic carbocycles. The third kappa shape index (κ3) is 2.56. The molecule has 2 rings (SSSR count). The summed E-state index contributed by atoms with van der Waals surface area (Å²) in [4.78, 5) is 26.2. The highest BCUT2D eigenvalue weighted by Crippen LogP contribution is 2.29. The first-order chi connectivity index (χ1) is 10.2. The van der Waals surface area contributed by atoms with Gasteiger partial charge >= 0.3 is 0 Å². The molecule has 0 saturated heterocycles. The molecule has 0 fully saturated rings. The quantitative estimate of drug-likeness (QED) is 0.472. The van der Waals surface area contributed by atoms with Crippen LogP contribution >= 0.6 is 0 Å². The lowest BCUT2D eigenvalue weighted by molar-refractivity contribution is 0.0651. The molecule has 1 aliphatic heterocycles. The molecule has 0 unspecified atom stereocenters.